The van der Waals surface area contributed by atoms with Gasteiger partial charge in [0.2, 0.25) is 0 Å². The molecule has 1 aromatic rings. The van der Waals surface area contributed by atoms with Crippen LogP contribution in [0.25, 0.3) is 0 Å². The molecule has 0 bridgehead atoms. The molecule has 2 heteroatoms. The maximum Gasteiger partial charge on any atom is 0.0350 e. The van der Waals surface area contributed by atoms with Gasteiger partial charge in [-0.25, -0.2) is 0 Å². The maximum absolute atomic E-state index is 6.33. The first-order valence-corrected chi connectivity index (χ1v) is 6.16. The van der Waals surface area contributed by atoms with Crippen LogP contribution in [0, 0.1) is 12.8 Å². The Kier molecular flexibility index (Phi) is 3.31. The fraction of sp³-hybridized carbons (Fsp3) is 0.571. The van der Waals surface area contributed by atoms with Crippen LogP contribution in [-0.4, -0.2) is 13.1 Å². The predicted molar refractivity (Wildman–Crippen MR) is 68.6 cm³/mol. The maximum atomic E-state index is 6.33. The molecule has 16 heavy (non-hydrogen) atoms. The van der Waals surface area contributed by atoms with Crippen molar-refractivity contribution in [3.05, 3.63) is 34.9 Å². The van der Waals surface area contributed by atoms with E-state index in [4.69, 9.17) is 5.73 Å². The Morgan fingerprint density at radius 2 is 2.00 bits per heavy atom. The second-order valence-corrected chi connectivity index (χ2v) is 5.21. The number of nitrogens with one attached hydrogen (secondary N) is 1. The van der Waals surface area contributed by atoms with E-state index in [2.05, 4.69) is 44.3 Å². The third-order valence-corrected chi connectivity index (χ3v) is 3.65. The molecule has 2 rings (SSSR count). The topological polar surface area (TPSA) is 38.0 Å². The average molecular weight is 218 g/mol. The molecule has 1 fully saturated rings. The van der Waals surface area contributed by atoms with Gasteiger partial charge in [0, 0.05) is 25.0 Å². The zero-order valence-electron chi connectivity index (χ0n) is 10.5. The molecule has 1 aliphatic rings. The van der Waals surface area contributed by atoms with Gasteiger partial charge in [-0.2, -0.15) is 0 Å². The van der Waals surface area contributed by atoms with Gasteiger partial charge in [-0.15, -0.1) is 0 Å². The molecule has 1 saturated heterocycles. The second-order valence-electron chi connectivity index (χ2n) is 5.21. The molecule has 0 spiro atoms. The molecule has 1 unspecified atom stereocenters. The van der Waals surface area contributed by atoms with Gasteiger partial charge in [0.15, 0.2) is 0 Å². The van der Waals surface area contributed by atoms with Crippen LogP contribution in [0.3, 0.4) is 0 Å². The smallest absolute Gasteiger partial charge is 0.0350 e. The third-order valence-electron chi connectivity index (χ3n) is 3.65. The van der Waals surface area contributed by atoms with Crippen molar-refractivity contribution in [2.75, 3.05) is 13.1 Å². The Morgan fingerprint density at radius 3 is 2.50 bits per heavy atom. The van der Waals surface area contributed by atoms with Crippen molar-refractivity contribution in [2.45, 2.75) is 32.7 Å². The van der Waals surface area contributed by atoms with Crippen LogP contribution >= 0.6 is 0 Å². The van der Waals surface area contributed by atoms with E-state index in [0.29, 0.717) is 11.8 Å². The summed E-state index contributed by atoms with van der Waals surface area (Å²) in [7, 11) is 0. The molecule has 1 aliphatic heterocycles. The fourth-order valence-corrected chi connectivity index (χ4v) is 2.20. The molecular weight excluding hydrogens is 196 g/mol. The minimum atomic E-state index is 0.194. The highest BCUT2D eigenvalue weighted by Gasteiger charge is 2.26. The predicted octanol–water partition coefficient (Wildman–Crippen LogP) is 2.34. The van der Waals surface area contributed by atoms with E-state index in [1.165, 1.54) is 16.7 Å². The van der Waals surface area contributed by atoms with E-state index in [-0.39, 0.29) is 6.04 Å². The molecule has 0 radical (unpaired) electrons. The average Bonchev–Trinajstić information content (AvgIpc) is 2.15. The number of nitrogens with two attached hydrogens (primary N) is 1. The Morgan fingerprint density at radius 1 is 1.31 bits per heavy atom. The van der Waals surface area contributed by atoms with Crippen molar-refractivity contribution in [3.63, 3.8) is 0 Å². The summed E-state index contributed by atoms with van der Waals surface area (Å²) in [6.45, 7) is 8.74. The highest BCUT2D eigenvalue weighted by Crippen LogP contribution is 2.28. The number of hydrogen-bond donors (Lipinski definition) is 2. The van der Waals surface area contributed by atoms with E-state index < -0.39 is 0 Å². The van der Waals surface area contributed by atoms with Gasteiger partial charge in [-0.1, -0.05) is 32.0 Å². The zero-order valence-corrected chi connectivity index (χ0v) is 10.5. The van der Waals surface area contributed by atoms with Crippen molar-refractivity contribution in [1.82, 2.24) is 5.32 Å². The summed E-state index contributed by atoms with van der Waals surface area (Å²) >= 11 is 0. The van der Waals surface area contributed by atoms with Crippen LogP contribution in [0.4, 0.5) is 0 Å². The molecule has 3 N–H and O–H groups in total. The second kappa shape index (κ2) is 4.56. The van der Waals surface area contributed by atoms with Crippen LogP contribution in [-0.2, 0) is 0 Å². The van der Waals surface area contributed by atoms with Crippen LogP contribution in [0.15, 0.2) is 18.2 Å². The summed E-state index contributed by atoms with van der Waals surface area (Å²) in [4.78, 5) is 0. The SMILES string of the molecule is Cc1ccc(C(C)C)cc1C(N)C1CNC1. The summed E-state index contributed by atoms with van der Waals surface area (Å²) in [6.07, 6.45) is 0. The van der Waals surface area contributed by atoms with Crippen molar-refractivity contribution in [2.24, 2.45) is 11.7 Å². The first-order chi connectivity index (χ1) is 7.59. The van der Waals surface area contributed by atoms with Gasteiger partial charge in [0.1, 0.15) is 0 Å². The monoisotopic (exact) mass is 218 g/mol. The van der Waals surface area contributed by atoms with Crippen LogP contribution in [0.2, 0.25) is 0 Å². The highest BCUT2D eigenvalue weighted by atomic mass is 15.0. The standard InChI is InChI=1S/C14H22N2/c1-9(2)11-5-4-10(3)13(6-11)14(15)12-7-16-8-12/h4-6,9,12,14,16H,7-8,15H2,1-3H3. The number of aryl methyl sites for hydroxylation is 1. The Hall–Kier alpha value is -0.860. The zero-order chi connectivity index (χ0) is 11.7. The minimum Gasteiger partial charge on any atom is -0.324 e. The Bertz CT molecular complexity index is 367. The molecule has 0 aliphatic carbocycles. The number of rotatable bonds is 3. The third kappa shape index (κ3) is 2.13. The molecule has 0 amide bonds. The fourth-order valence-electron chi connectivity index (χ4n) is 2.20. The van der Waals surface area contributed by atoms with Gasteiger partial charge in [-0.05, 0) is 29.5 Å². The number of benzene rings is 1. The Balaban J connectivity index is 2.27. The lowest BCUT2D eigenvalue weighted by Crippen LogP contribution is -2.47. The van der Waals surface area contributed by atoms with E-state index >= 15 is 0 Å². The lowest BCUT2D eigenvalue weighted by Gasteiger charge is -2.33. The molecule has 0 aromatic heterocycles. The number of hydrogen-bond acceptors (Lipinski definition) is 2. The Labute approximate surface area is 98.2 Å². The molecule has 1 heterocycles. The van der Waals surface area contributed by atoms with Gasteiger partial charge in [0.05, 0.1) is 0 Å². The van der Waals surface area contributed by atoms with Crippen molar-refractivity contribution in [1.29, 1.82) is 0 Å². The summed E-state index contributed by atoms with van der Waals surface area (Å²) in [5.41, 5.74) is 10.4. The van der Waals surface area contributed by atoms with E-state index in [1.807, 2.05) is 0 Å². The summed E-state index contributed by atoms with van der Waals surface area (Å²) in [5, 5.41) is 3.29. The molecule has 88 valence electrons. The molecule has 1 aromatic carbocycles. The van der Waals surface area contributed by atoms with Crippen LogP contribution in [0.1, 0.15) is 42.5 Å². The van der Waals surface area contributed by atoms with Crippen molar-refractivity contribution in [3.8, 4) is 0 Å². The lowest BCUT2D eigenvalue weighted by atomic mass is 9.85. The lowest BCUT2D eigenvalue weighted by molar-refractivity contribution is 0.294. The van der Waals surface area contributed by atoms with E-state index in [0.717, 1.165) is 13.1 Å². The van der Waals surface area contributed by atoms with E-state index in [1.54, 1.807) is 0 Å². The molecule has 0 saturated carbocycles. The molecule has 1 atom stereocenters. The van der Waals surface area contributed by atoms with E-state index in [9.17, 15) is 0 Å². The first kappa shape index (κ1) is 11.6. The first-order valence-electron chi connectivity index (χ1n) is 6.16. The van der Waals surface area contributed by atoms with Gasteiger partial charge in [-0.3, -0.25) is 0 Å². The van der Waals surface area contributed by atoms with Crippen molar-refractivity contribution >= 4 is 0 Å². The largest absolute Gasteiger partial charge is 0.324 e. The van der Waals surface area contributed by atoms with Gasteiger partial charge < -0.3 is 11.1 Å². The normalized spacial score (nSPS) is 18.6. The minimum absolute atomic E-state index is 0.194. The van der Waals surface area contributed by atoms with Crippen LogP contribution in [0.5, 0.6) is 0 Å². The molecular formula is C14H22N2. The summed E-state index contributed by atoms with van der Waals surface area (Å²) in [5.74, 6) is 1.19. The van der Waals surface area contributed by atoms with Crippen LogP contribution < -0.4 is 11.1 Å². The highest BCUT2D eigenvalue weighted by molar-refractivity contribution is 5.35. The van der Waals surface area contributed by atoms with Gasteiger partial charge in [0.25, 0.3) is 0 Å². The summed E-state index contributed by atoms with van der Waals surface area (Å²) < 4.78 is 0. The van der Waals surface area contributed by atoms with Crippen molar-refractivity contribution < 1.29 is 0 Å². The summed E-state index contributed by atoms with van der Waals surface area (Å²) in [6, 6.07) is 6.91. The van der Waals surface area contributed by atoms with Gasteiger partial charge >= 0.3 is 0 Å². The quantitative estimate of drug-likeness (QED) is 0.817. The molecule has 2 nitrogen and oxygen atoms in total.